The topological polar surface area (TPSA) is 70.4 Å². The highest BCUT2D eigenvalue weighted by Crippen LogP contribution is 2.36. The normalized spacial score (nSPS) is 20.4. The minimum Gasteiger partial charge on any atom is -0.461 e. The van der Waals surface area contributed by atoms with E-state index in [1.165, 1.54) is 36.7 Å². The fourth-order valence-electron chi connectivity index (χ4n) is 8.02. The minimum absolute atomic E-state index is 0.0122. The summed E-state index contributed by atoms with van der Waals surface area (Å²) in [6.07, 6.45) is 15.3. The quantitative estimate of drug-likeness (QED) is 0.249. The Balaban J connectivity index is 1.36. The first-order valence-electron chi connectivity index (χ1n) is 18.1. The molecule has 0 spiro atoms. The van der Waals surface area contributed by atoms with Crippen molar-refractivity contribution in [2.75, 3.05) is 31.6 Å². The summed E-state index contributed by atoms with van der Waals surface area (Å²) in [5.74, 6) is 0.244. The minimum atomic E-state index is -0.344. The first-order valence-corrected chi connectivity index (χ1v) is 18.1. The van der Waals surface area contributed by atoms with Gasteiger partial charge in [0, 0.05) is 74.9 Å². The molecule has 1 aromatic heterocycles. The maximum Gasteiger partial charge on any atom is 0.302 e. The van der Waals surface area contributed by atoms with E-state index in [-0.39, 0.29) is 18.5 Å². The molecule has 1 aliphatic carbocycles. The van der Waals surface area contributed by atoms with Crippen molar-refractivity contribution < 1.29 is 14.3 Å². The van der Waals surface area contributed by atoms with Gasteiger partial charge in [0.15, 0.2) is 0 Å². The summed E-state index contributed by atoms with van der Waals surface area (Å²) in [6.45, 7) is 13.8. The van der Waals surface area contributed by atoms with E-state index in [0.717, 1.165) is 91.1 Å². The summed E-state index contributed by atoms with van der Waals surface area (Å²) in [6, 6.07) is 8.65. The second kappa shape index (κ2) is 14.6. The van der Waals surface area contributed by atoms with Crippen molar-refractivity contribution in [2.24, 2.45) is 10.9 Å². The average molecular weight is 652 g/mol. The van der Waals surface area contributed by atoms with E-state index in [1.807, 2.05) is 17.0 Å². The van der Waals surface area contributed by atoms with Crippen LogP contribution in [0.5, 0.6) is 0 Å². The fourth-order valence-corrected chi connectivity index (χ4v) is 8.02. The molecule has 0 bridgehead atoms. The molecule has 8 nitrogen and oxygen atoms in total. The number of aliphatic imine (C=N–C) groups is 1. The number of rotatable bonds is 10. The number of hydrogen-bond donors (Lipinski definition) is 0. The summed E-state index contributed by atoms with van der Waals surface area (Å²) in [5, 5.41) is 0. The number of carbonyl (C=O) groups excluding carboxylic acids is 2. The van der Waals surface area contributed by atoms with Gasteiger partial charge in [-0.1, -0.05) is 39.8 Å². The van der Waals surface area contributed by atoms with Crippen LogP contribution in [0.3, 0.4) is 0 Å². The Morgan fingerprint density at radius 1 is 1.10 bits per heavy atom. The number of benzene rings is 1. The second-order valence-corrected chi connectivity index (χ2v) is 14.3. The molecule has 2 aromatic rings. The predicted octanol–water partition coefficient (Wildman–Crippen LogP) is 7.53. The molecule has 1 amide bonds. The number of ether oxygens (including phenoxy) is 1. The van der Waals surface area contributed by atoms with E-state index in [4.69, 9.17) is 9.73 Å². The fraction of sp³-hybridized carbons (Fsp3) is 0.525. The van der Waals surface area contributed by atoms with Gasteiger partial charge in [-0.2, -0.15) is 0 Å². The van der Waals surface area contributed by atoms with Gasteiger partial charge in [-0.15, -0.1) is 0 Å². The third-order valence-electron chi connectivity index (χ3n) is 10.1. The van der Waals surface area contributed by atoms with Crippen LogP contribution in [0.15, 0.2) is 59.0 Å². The van der Waals surface area contributed by atoms with Gasteiger partial charge in [0.2, 0.25) is 0 Å². The lowest BCUT2D eigenvalue weighted by atomic mass is 9.94. The first-order chi connectivity index (χ1) is 23.2. The summed E-state index contributed by atoms with van der Waals surface area (Å²) < 4.78 is 7.89. The van der Waals surface area contributed by atoms with Crippen LogP contribution in [-0.2, 0) is 35.5 Å². The molecular formula is C40H53N5O3. The van der Waals surface area contributed by atoms with Crippen LogP contribution in [0, 0.1) is 5.92 Å². The zero-order valence-electron chi connectivity index (χ0n) is 29.8. The number of hydrogen-bond acceptors (Lipinski definition) is 6. The Labute approximate surface area is 286 Å². The third-order valence-corrected chi connectivity index (χ3v) is 10.1. The van der Waals surface area contributed by atoms with Gasteiger partial charge < -0.3 is 24.0 Å². The molecular weight excluding hydrogens is 598 g/mol. The second-order valence-electron chi connectivity index (χ2n) is 14.3. The highest BCUT2D eigenvalue weighted by molar-refractivity contribution is 6.07. The van der Waals surface area contributed by atoms with E-state index in [9.17, 15) is 9.59 Å². The Morgan fingerprint density at radius 3 is 2.67 bits per heavy atom. The highest BCUT2D eigenvalue weighted by Gasteiger charge is 2.32. The van der Waals surface area contributed by atoms with Gasteiger partial charge in [-0.05, 0) is 91.8 Å². The average Bonchev–Trinajstić information content (AvgIpc) is 3.44. The molecule has 6 rings (SSSR count). The zero-order chi connectivity index (χ0) is 33.9. The summed E-state index contributed by atoms with van der Waals surface area (Å²) in [7, 11) is 2.08. The van der Waals surface area contributed by atoms with Crippen molar-refractivity contribution >= 4 is 28.8 Å². The molecule has 1 unspecified atom stereocenters. The van der Waals surface area contributed by atoms with Gasteiger partial charge >= 0.3 is 5.97 Å². The lowest BCUT2D eigenvalue weighted by Gasteiger charge is -2.39. The molecule has 4 heterocycles. The van der Waals surface area contributed by atoms with Crippen molar-refractivity contribution in [1.29, 1.82) is 0 Å². The molecule has 1 atom stereocenters. The SMILES string of the molecule is CCCN1C(CC(C)C)=CC(=NC2=CC(c3cccc(N4CCn5c(cc6c5CCCC6)C4=O)c3COC(C)=O)=CN(C)C2)CC1CC. The number of likely N-dealkylation sites (N-methyl/N-ethyl adjacent to an activating group) is 1. The van der Waals surface area contributed by atoms with Gasteiger partial charge in [-0.25, -0.2) is 0 Å². The number of amides is 1. The Morgan fingerprint density at radius 2 is 1.92 bits per heavy atom. The molecule has 0 fully saturated rings. The smallest absolute Gasteiger partial charge is 0.302 e. The number of fused-ring (bicyclic) bond motifs is 3. The Hall–Kier alpha value is -4.07. The number of esters is 1. The van der Waals surface area contributed by atoms with Crippen molar-refractivity contribution in [3.05, 3.63) is 82.1 Å². The highest BCUT2D eigenvalue weighted by atomic mass is 16.5. The maximum atomic E-state index is 14.1. The van der Waals surface area contributed by atoms with Crippen molar-refractivity contribution in [2.45, 2.75) is 105 Å². The number of allylic oxidation sites excluding steroid dienone is 4. The number of anilines is 1. The Kier molecular flexibility index (Phi) is 10.3. The van der Waals surface area contributed by atoms with Crippen LogP contribution < -0.4 is 4.90 Å². The Bertz CT molecular complexity index is 1680. The molecule has 48 heavy (non-hydrogen) atoms. The summed E-state index contributed by atoms with van der Waals surface area (Å²) >= 11 is 0. The number of nitrogens with zero attached hydrogens (tertiary/aromatic N) is 5. The monoisotopic (exact) mass is 651 g/mol. The van der Waals surface area contributed by atoms with E-state index >= 15 is 0 Å². The van der Waals surface area contributed by atoms with Gasteiger partial charge in [0.25, 0.3) is 5.91 Å². The molecule has 256 valence electrons. The van der Waals surface area contributed by atoms with E-state index < -0.39 is 0 Å². The van der Waals surface area contributed by atoms with Gasteiger partial charge in [0.05, 0.1) is 17.9 Å². The molecule has 0 saturated carbocycles. The first kappa shape index (κ1) is 33.8. The van der Waals surface area contributed by atoms with Crippen LogP contribution in [0.25, 0.3) is 5.57 Å². The van der Waals surface area contributed by atoms with Gasteiger partial charge in [0.1, 0.15) is 12.3 Å². The van der Waals surface area contributed by atoms with Crippen LogP contribution in [0.2, 0.25) is 0 Å². The molecule has 1 aromatic carbocycles. The summed E-state index contributed by atoms with van der Waals surface area (Å²) in [4.78, 5) is 38.2. The van der Waals surface area contributed by atoms with Crippen LogP contribution in [0.1, 0.15) is 106 Å². The lowest BCUT2D eigenvalue weighted by Crippen LogP contribution is -2.41. The molecule has 3 aliphatic heterocycles. The third kappa shape index (κ3) is 7.03. The van der Waals surface area contributed by atoms with Crippen LogP contribution in [-0.4, -0.2) is 64.7 Å². The van der Waals surface area contributed by atoms with Gasteiger partial charge in [-0.3, -0.25) is 14.6 Å². The van der Waals surface area contributed by atoms with E-state index in [2.05, 4.69) is 79.6 Å². The maximum absolute atomic E-state index is 14.1. The molecule has 0 saturated heterocycles. The molecule has 0 N–H and O–H groups in total. The standard InChI is InChI=1S/C40H53N5O3/c1-7-16-43-33(8-2)22-31(23-34(43)19-27(3)4)41-32-20-30(24-42(6)25-32)35-13-11-15-38(36(35)26-48-28(5)46)45-18-17-44-37-14-10-9-12-29(37)21-39(44)40(45)47/h11,13,15,20-21,23-24,27,33H,7-10,12,14,16-19,22,25-26H2,1-6H3. The number of carbonyl (C=O) groups is 2. The van der Waals surface area contributed by atoms with E-state index in [0.29, 0.717) is 25.0 Å². The van der Waals surface area contributed by atoms with Crippen molar-refractivity contribution in [3.8, 4) is 0 Å². The number of aryl methyl sites for hydroxylation is 1. The molecule has 0 radical (unpaired) electrons. The largest absolute Gasteiger partial charge is 0.461 e. The molecule has 4 aliphatic rings. The predicted molar refractivity (Wildman–Crippen MR) is 194 cm³/mol. The summed E-state index contributed by atoms with van der Waals surface area (Å²) in [5.41, 5.74) is 10.6. The number of aromatic nitrogens is 1. The van der Waals surface area contributed by atoms with E-state index in [1.54, 1.807) is 0 Å². The lowest BCUT2D eigenvalue weighted by molar-refractivity contribution is -0.142. The van der Waals surface area contributed by atoms with Crippen LogP contribution in [0.4, 0.5) is 5.69 Å². The zero-order valence-corrected chi connectivity index (χ0v) is 29.8. The van der Waals surface area contributed by atoms with Crippen molar-refractivity contribution in [1.82, 2.24) is 14.4 Å². The van der Waals surface area contributed by atoms with Crippen molar-refractivity contribution in [3.63, 3.8) is 0 Å². The van der Waals surface area contributed by atoms with Crippen LogP contribution >= 0.6 is 0 Å². The molecule has 8 heteroatoms.